The Morgan fingerprint density at radius 1 is 1.08 bits per heavy atom. The van der Waals surface area contributed by atoms with E-state index in [9.17, 15) is 24.2 Å². The normalized spacial score (nSPS) is 19.5. The van der Waals surface area contributed by atoms with Crippen LogP contribution in [0.25, 0.3) is 0 Å². The van der Waals surface area contributed by atoms with Crippen LogP contribution in [0.5, 0.6) is 0 Å². The van der Waals surface area contributed by atoms with Gasteiger partial charge in [-0.2, -0.15) is 0 Å². The van der Waals surface area contributed by atoms with Gasteiger partial charge in [-0.1, -0.05) is 19.4 Å². The van der Waals surface area contributed by atoms with Gasteiger partial charge in [0.15, 0.2) is 0 Å². The fraction of sp³-hybridized carbons (Fsp3) is 0.562. The minimum Gasteiger partial charge on any atom is -0.444 e. The molecule has 1 aliphatic heterocycles. The summed E-state index contributed by atoms with van der Waals surface area (Å²) >= 11 is 0. The molecule has 0 atom stereocenters. The van der Waals surface area contributed by atoms with Crippen LogP contribution in [0.2, 0.25) is 0 Å². The maximum absolute atomic E-state index is 12.7. The van der Waals surface area contributed by atoms with Gasteiger partial charge in [0.2, 0.25) is 0 Å². The largest absolute Gasteiger partial charge is 0.444 e. The Kier molecular flexibility index (Phi) is 4.67. The Labute approximate surface area is 149 Å². The molecule has 0 aliphatic carbocycles. The van der Waals surface area contributed by atoms with Gasteiger partial charge in [-0.3, -0.25) is 0 Å². The van der Waals surface area contributed by atoms with Crippen molar-refractivity contribution in [1.29, 1.82) is 0 Å². The van der Waals surface area contributed by atoms with Gasteiger partial charge in [-0.05, 0) is 57.9 Å². The molecular formula is C16H23F5N2O2S. The topological polar surface area (TPSA) is 41.6 Å². The number of carbonyl (C=O) groups excluding carboxylic acids is 1. The van der Waals surface area contributed by atoms with E-state index >= 15 is 0 Å². The summed E-state index contributed by atoms with van der Waals surface area (Å²) in [5, 5.41) is 3.01. The van der Waals surface area contributed by atoms with Crippen molar-refractivity contribution in [3.63, 3.8) is 0 Å². The van der Waals surface area contributed by atoms with Crippen LogP contribution in [0, 0.1) is 0 Å². The maximum atomic E-state index is 12.7. The quantitative estimate of drug-likeness (QED) is 0.616. The van der Waals surface area contributed by atoms with E-state index in [1.807, 2.05) is 0 Å². The molecule has 1 amide bonds. The Bertz CT molecular complexity index is 663. The number of nitrogens with zero attached hydrogens (tertiary/aromatic N) is 1. The minimum absolute atomic E-state index is 0.0699. The third-order valence-corrected chi connectivity index (χ3v) is 4.98. The molecule has 150 valence electrons. The number of anilines is 1. The van der Waals surface area contributed by atoms with Gasteiger partial charge in [0.25, 0.3) is 0 Å². The Balaban J connectivity index is 1.91. The smallest absolute Gasteiger partial charge is 0.410 e. The molecule has 0 unspecified atom stereocenters. The summed E-state index contributed by atoms with van der Waals surface area (Å²) in [5.74, 6) is 0. The standard InChI is InChI=1S/C16H23F5N2O2S/c1-16(2,3)25-15(24)23-10-8-13(9-11-23)22-12-4-6-14(7-5-12)26(17,18,19,20)21/h4-7,13,22H,8-11H2,1-3H3. The van der Waals surface area contributed by atoms with Gasteiger partial charge < -0.3 is 15.0 Å². The van der Waals surface area contributed by atoms with Gasteiger partial charge >= 0.3 is 16.3 Å². The van der Waals surface area contributed by atoms with Gasteiger partial charge in [0.05, 0.1) is 0 Å². The van der Waals surface area contributed by atoms with Crippen molar-refractivity contribution in [1.82, 2.24) is 4.90 Å². The lowest BCUT2D eigenvalue weighted by atomic mass is 10.0. The molecule has 1 aliphatic rings. The molecule has 0 saturated carbocycles. The number of amides is 1. The van der Waals surface area contributed by atoms with Gasteiger partial charge in [0.1, 0.15) is 10.5 Å². The highest BCUT2D eigenvalue weighted by Crippen LogP contribution is 3.02. The Morgan fingerprint density at radius 3 is 2.00 bits per heavy atom. The minimum atomic E-state index is -9.64. The van der Waals surface area contributed by atoms with Crippen LogP contribution in [-0.4, -0.2) is 35.7 Å². The van der Waals surface area contributed by atoms with Crippen molar-refractivity contribution in [3.05, 3.63) is 24.3 Å². The third kappa shape index (κ3) is 5.93. The fourth-order valence-electron chi connectivity index (χ4n) is 2.58. The van der Waals surface area contributed by atoms with E-state index in [4.69, 9.17) is 4.74 Å². The lowest BCUT2D eigenvalue weighted by Gasteiger charge is -2.40. The highest BCUT2D eigenvalue weighted by molar-refractivity contribution is 8.45. The predicted octanol–water partition coefficient (Wildman–Crippen LogP) is 6.16. The number of likely N-dealkylation sites (tertiary alicyclic amines) is 1. The van der Waals surface area contributed by atoms with Crippen molar-refractivity contribution in [3.8, 4) is 0 Å². The first-order valence-electron chi connectivity index (χ1n) is 8.12. The lowest BCUT2D eigenvalue weighted by molar-refractivity contribution is 0.0210. The summed E-state index contributed by atoms with van der Waals surface area (Å²) < 4.78 is 68.8. The molecule has 10 heteroatoms. The van der Waals surface area contributed by atoms with Gasteiger partial charge in [0, 0.05) is 24.8 Å². The predicted molar refractivity (Wildman–Crippen MR) is 92.3 cm³/mol. The number of benzene rings is 1. The summed E-state index contributed by atoms with van der Waals surface area (Å²) in [4.78, 5) is 11.6. The molecule has 0 aromatic heterocycles. The molecule has 1 aromatic carbocycles. The summed E-state index contributed by atoms with van der Waals surface area (Å²) in [6.45, 7) is 6.20. The molecule has 2 rings (SSSR count). The van der Waals surface area contributed by atoms with E-state index in [2.05, 4.69) is 5.32 Å². The van der Waals surface area contributed by atoms with Crippen LogP contribution < -0.4 is 5.32 Å². The SMILES string of the molecule is CC(C)(C)OC(=O)N1CCC(Nc2ccc(S(F)(F)(F)(F)F)cc2)CC1. The average Bonchev–Trinajstić information content (AvgIpc) is 2.44. The van der Waals surface area contributed by atoms with E-state index in [0.717, 1.165) is 12.1 Å². The molecule has 0 bridgehead atoms. The number of piperidine rings is 1. The number of halogens is 5. The number of rotatable bonds is 3. The highest BCUT2D eigenvalue weighted by Gasteiger charge is 2.65. The summed E-state index contributed by atoms with van der Waals surface area (Å²) in [6, 6.07) is 2.69. The van der Waals surface area contributed by atoms with E-state index in [0.29, 0.717) is 43.8 Å². The number of ether oxygens (including phenoxy) is 1. The van der Waals surface area contributed by atoms with Crippen molar-refractivity contribution in [2.45, 2.75) is 50.2 Å². The molecule has 4 nitrogen and oxygen atoms in total. The van der Waals surface area contributed by atoms with E-state index in [1.165, 1.54) is 0 Å². The Morgan fingerprint density at radius 2 is 1.58 bits per heavy atom. The van der Waals surface area contributed by atoms with E-state index < -0.39 is 26.8 Å². The molecule has 1 fully saturated rings. The van der Waals surface area contributed by atoms with Crippen molar-refractivity contribution >= 4 is 22.0 Å². The molecule has 1 N–H and O–H groups in total. The second kappa shape index (κ2) is 5.90. The van der Waals surface area contributed by atoms with Crippen LogP contribution in [0.3, 0.4) is 0 Å². The molecule has 1 saturated heterocycles. The Hall–Kier alpha value is -1.71. The molecule has 0 radical (unpaired) electrons. The van der Waals surface area contributed by atoms with Crippen molar-refractivity contribution in [2.24, 2.45) is 0 Å². The summed E-state index contributed by atoms with van der Waals surface area (Å²) in [6.07, 6.45) is 0.738. The van der Waals surface area contributed by atoms with Crippen LogP contribution in [0.1, 0.15) is 33.6 Å². The lowest BCUT2D eigenvalue weighted by Crippen LogP contribution is -2.44. The van der Waals surface area contributed by atoms with Crippen molar-refractivity contribution in [2.75, 3.05) is 18.4 Å². The monoisotopic (exact) mass is 402 g/mol. The average molecular weight is 402 g/mol. The van der Waals surface area contributed by atoms with Crippen LogP contribution in [-0.2, 0) is 4.74 Å². The zero-order valence-electron chi connectivity index (χ0n) is 14.8. The zero-order valence-corrected chi connectivity index (χ0v) is 15.6. The molecule has 26 heavy (non-hydrogen) atoms. The number of hydrogen-bond donors (Lipinski definition) is 1. The highest BCUT2D eigenvalue weighted by atomic mass is 32.5. The first-order chi connectivity index (χ1) is 11.5. The maximum Gasteiger partial charge on any atom is 0.410 e. The molecule has 1 aromatic rings. The fourth-order valence-corrected chi connectivity index (χ4v) is 3.23. The number of nitrogens with one attached hydrogen (secondary N) is 1. The van der Waals surface area contributed by atoms with Crippen molar-refractivity contribution < 1.29 is 29.0 Å². The van der Waals surface area contributed by atoms with E-state index in [-0.39, 0.29) is 6.04 Å². The second-order valence-corrected chi connectivity index (χ2v) is 9.79. The third-order valence-electron chi connectivity index (χ3n) is 3.82. The van der Waals surface area contributed by atoms with Crippen LogP contribution in [0.4, 0.5) is 29.9 Å². The van der Waals surface area contributed by atoms with Crippen LogP contribution >= 0.6 is 10.2 Å². The second-order valence-electron chi connectivity index (χ2n) is 7.38. The van der Waals surface area contributed by atoms with E-state index in [1.54, 1.807) is 25.7 Å². The van der Waals surface area contributed by atoms with Gasteiger partial charge in [-0.15, -0.1) is 0 Å². The van der Waals surface area contributed by atoms with Crippen LogP contribution in [0.15, 0.2) is 29.2 Å². The molecule has 0 spiro atoms. The summed E-state index contributed by atoms with van der Waals surface area (Å²) in [5.41, 5.74) is -0.261. The summed E-state index contributed by atoms with van der Waals surface area (Å²) in [7, 11) is -9.64. The molecular weight excluding hydrogens is 379 g/mol. The zero-order chi connectivity index (χ0) is 19.9. The first kappa shape index (κ1) is 20.6. The molecule has 1 heterocycles. The number of hydrogen-bond acceptors (Lipinski definition) is 3. The first-order valence-corrected chi connectivity index (χ1v) is 10.1. The number of carbonyl (C=O) groups is 1. The van der Waals surface area contributed by atoms with Gasteiger partial charge in [-0.25, -0.2) is 4.79 Å².